The van der Waals surface area contributed by atoms with Gasteiger partial charge in [-0.15, -0.1) is 0 Å². The lowest BCUT2D eigenvalue weighted by Gasteiger charge is -2.09. The molecule has 5 nitrogen and oxygen atoms in total. The monoisotopic (exact) mass is 418 g/mol. The van der Waals surface area contributed by atoms with Crippen molar-refractivity contribution in [2.24, 2.45) is 0 Å². The van der Waals surface area contributed by atoms with Crippen LogP contribution in [-0.4, -0.2) is 13.0 Å². The first-order valence-electron chi connectivity index (χ1n) is 9.12. The first kappa shape index (κ1) is 21.0. The minimum absolute atomic E-state index is 0.0194. The van der Waals surface area contributed by atoms with Gasteiger partial charge in [0.25, 0.3) is 5.91 Å². The number of amides is 1. The van der Waals surface area contributed by atoms with Crippen LogP contribution in [0.15, 0.2) is 78.4 Å². The molecular weight excluding hydrogens is 400 g/mol. The number of carbonyl (C=O) groups is 1. The van der Waals surface area contributed by atoms with Crippen LogP contribution >= 0.6 is 11.6 Å². The number of ether oxygens (including phenoxy) is 2. The Balaban J connectivity index is 1.70. The molecule has 0 aromatic heterocycles. The molecule has 150 valence electrons. The van der Waals surface area contributed by atoms with Crippen molar-refractivity contribution in [2.75, 3.05) is 12.4 Å². The Bertz CT molecular complexity index is 1100. The molecular formula is C24H19ClN2O3. The van der Waals surface area contributed by atoms with Crippen LogP contribution in [0, 0.1) is 11.3 Å². The lowest BCUT2D eigenvalue weighted by atomic mass is 10.1. The van der Waals surface area contributed by atoms with Crippen molar-refractivity contribution in [2.45, 2.75) is 6.61 Å². The second-order valence-corrected chi connectivity index (χ2v) is 6.71. The number of nitrogens with one attached hydrogen (secondary N) is 1. The molecule has 0 atom stereocenters. The van der Waals surface area contributed by atoms with Crippen LogP contribution < -0.4 is 14.8 Å². The quantitative estimate of drug-likeness (QED) is 0.407. The average Bonchev–Trinajstić information content (AvgIpc) is 2.77. The van der Waals surface area contributed by atoms with E-state index in [1.165, 1.54) is 6.08 Å². The summed E-state index contributed by atoms with van der Waals surface area (Å²) >= 11 is 6.15. The van der Waals surface area contributed by atoms with E-state index in [1.807, 2.05) is 24.3 Å². The third-order valence-corrected chi connectivity index (χ3v) is 4.60. The van der Waals surface area contributed by atoms with Gasteiger partial charge in [-0.1, -0.05) is 41.9 Å². The van der Waals surface area contributed by atoms with Crippen molar-refractivity contribution in [3.05, 3.63) is 94.5 Å². The number of nitrogens with zero attached hydrogens (tertiary/aromatic N) is 1. The minimum Gasteiger partial charge on any atom is -0.497 e. The zero-order valence-electron chi connectivity index (χ0n) is 16.3. The molecule has 0 saturated heterocycles. The highest BCUT2D eigenvalue weighted by molar-refractivity contribution is 6.31. The van der Waals surface area contributed by atoms with Gasteiger partial charge >= 0.3 is 0 Å². The fourth-order valence-corrected chi connectivity index (χ4v) is 2.85. The standard InChI is InChI=1S/C24H19ClN2O3/c1-29-21-11-9-20(10-12-21)27-24(28)19(15-26)13-17-5-4-7-22(14-17)30-16-18-6-2-3-8-23(18)25/h2-14H,16H2,1H3,(H,27,28)/b19-13-. The Labute approximate surface area is 180 Å². The van der Waals surface area contributed by atoms with Gasteiger partial charge in [0.15, 0.2) is 0 Å². The van der Waals surface area contributed by atoms with Crippen LogP contribution in [-0.2, 0) is 11.4 Å². The molecule has 3 aromatic carbocycles. The Hall–Kier alpha value is -3.75. The number of hydrogen-bond donors (Lipinski definition) is 1. The number of anilines is 1. The number of hydrogen-bond acceptors (Lipinski definition) is 4. The van der Waals surface area contributed by atoms with E-state index in [0.29, 0.717) is 34.4 Å². The summed E-state index contributed by atoms with van der Waals surface area (Å²) in [6.45, 7) is 0.315. The molecule has 0 aliphatic heterocycles. The SMILES string of the molecule is COc1ccc(NC(=O)/C(C#N)=C\c2cccc(OCc3ccccc3Cl)c2)cc1. The molecule has 0 unspecified atom stereocenters. The van der Waals surface area contributed by atoms with Crippen LogP contribution in [0.4, 0.5) is 5.69 Å². The lowest BCUT2D eigenvalue weighted by molar-refractivity contribution is -0.112. The zero-order chi connectivity index (χ0) is 21.3. The minimum atomic E-state index is -0.495. The van der Waals surface area contributed by atoms with Crippen LogP contribution in [0.2, 0.25) is 5.02 Å². The molecule has 30 heavy (non-hydrogen) atoms. The van der Waals surface area contributed by atoms with E-state index in [2.05, 4.69) is 5.32 Å². The molecule has 0 radical (unpaired) electrons. The highest BCUT2D eigenvalue weighted by atomic mass is 35.5. The van der Waals surface area contributed by atoms with E-state index in [4.69, 9.17) is 21.1 Å². The van der Waals surface area contributed by atoms with Crippen molar-refractivity contribution in [3.8, 4) is 17.6 Å². The summed E-state index contributed by atoms with van der Waals surface area (Å²) in [4.78, 5) is 12.5. The van der Waals surface area contributed by atoms with Crippen molar-refractivity contribution < 1.29 is 14.3 Å². The molecule has 0 spiro atoms. The third-order valence-electron chi connectivity index (χ3n) is 4.23. The summed E-state index contributed by atoms with van der Waals surface area (Å²) in [5.74, 6) is 0.791. The lowest BCUT2D eigenvalue weighted by Crippen LogP contribution is -2.13. The topological polar surface area (TPSA) is 71.3 Å². The van der Waals surface area contributed by atoms with Gasteiger partial charge in [0.1, 0.15) is 29.7 Å². The normalized spacial score (nSPS) is 10.8. The van der Waals surface area contributed by atoms with Gasteiger partial charge in [0, 0.05) is 16.3 Å². The third kappa shape index (κ3) is 5.63. The molecule has 0 aliphatic rings. The van der Waals surface area contributed by atoms with Gasteiger partial charge in [-0.25, -0.2) is 0 Å². The second kappa shape index (κ2) is 10.1. The highest BCUT2D eigenvalue weighted by Gasteiger charge is 2.10. The fraction of sp³-hybridized carbons (Fsp3) is 0.0833. The summed E-state index contributed by atoms with van der Waals surface area (Å²) in [6.07, 6.45) is 1.52. The summed E-state index contributed by atoms with van der Waals surface area (Å²) in [5.41, 5.74) is 2.10. The zero-order valence-corrected chi connectivity index (χ0v) is 17.0. The molecule has 0 heterocycles. The van der Waals surface area contributed by atoms with E-state index >= 15 is 0 Å². The smallest absolute Gasteiger partial charge is 0.266 e. The van der Waals surface area contributed by atoms with Crippen LogP contribution in [0.1, 0.15) is 11.1 Å². The van der Waals surface area contributed by atoms with Crippen molar-refractivity contribution in [1.82, 2.24) is 0 Å². The number of rotatable bonds is 7. The summed E-state index contributed by atoms with van der Waals surface area (Å²) in [5, 5.41) is 12.8. The van der Waals surface area contributed by atoms with Crippen molar-refractivity contribution in [3.63, 3.8) is 0 Å². The van der Waals surface area contributed by atoms with Gasteiger partial charge in [0.05, 0.1) is 7.11 Å². The Morgan fingerprint density at radius 3 is 2.53 bits per heavy atom. The number of benzene rings is 3. The maximum atomic E-state index is 12.5. The maximum Gasteiger partial charge on any atom is 0.266 e. The predicted molar refractivity (Wildman–Crippen MR) is 117 cm³/mol. The molecule has 0 aliphatic carbocycles. The van der Waals surface area contributed by atoms with Gasteiger partial charge < -0.3 is 14.8 Å². The van der Waals surface area contributed by atoms with Crippen LogP contribution in [0.3, 0.4) is 0 Å². The summed E-state index contributed by atoms with van der Waals surface area (Å²) in [6, 6.07) is 23.4. The van der Waals surface area contributed by atoms with Gasteiger partial charge in [-0.2, -0.15) is 5.26 Å². The molecule has 3 rings (SSSR count). The van der Waals surface area contributed by atoms with E-state index in [0.717, 1.165) is 5.56 Å². The van der Waals surface area contributed by atoms with E-state index in [1.54, 1.807) is 61.7 Å². The highest BCUT2D eigenvalue weighted by Crippen LogP contribution is 2.21. The number of carbonyl (C=O) groups excluding carboxylic acids is 1. The van der Waals surface area contributed by atoms with Gasteiger partial charge in [-0.05, 0) is 54.1 Å². The fourth-order valence-electron chi connectivity index (χ4n) is 2.66. The molecule has 3 aromatic rings. The van der Waals surface area contributed by atoms with E-state index in [-0.39, 0.29) is 5.57 Å². The second-order valence-electron chi connectivity index (χ2n) is 6.31. The average molecular weight is 419 g/mol. The molecule has 6 heteroatoms. The molecule has 1 N–H and O–H groups in total. The molecule has 0 bridgehead atoms. The van der Waals surface area contributed by atoms with E-state index < -0.39 is 5.91 Å². The first-order valence-corrected chi connectivity index (χ1v) is 9.50. The number of halogens is 1. The maximum absolute atomic E-state index is 12.5. The van der Waals surface area contributed by atoms with Gasteiger partial charge in [0.2, 0.25) is 0 Å². The van der Waals surface area contributed by atoms with Crippen LogP contribution in [0.5, 0.6) is 11.5 Å². The summed E-state index contributed by atoms with van der Waals surface area (Å²) in [7, 11) is 1.57. The molecule has 1 amide bonds. The Kier molecular flexibility index (Phi) is 7.09. The van der Waals surface area contributed by atoms with Crippen molar-refractivity contribution >= 4 is 29.3 Å². The number of nitriles is 1. The van der Waals surface area contributed by atoms with E-state index in [9.17, 15) is 10.1 Å². The Morgan fingerprint density at radius 2 is 1.83 bits per heavy atom. The van der Waals surface area contributed by atoms with Gasteiger partial charge in [-0.3, -0.25) is 4.79 Å². The predicted octanol–water partition coefficient (Wildman–Crippen LogP) is 5.47. The Morgan fingerprint density at radius 1 is 1.07 bits per heavy atom. The molecule has 0 fully saturated rings. The first-order chi connectivity index (χ1) is 14.6. The molecule has 0 saturated carbocycles. The largest absolute Gasteiger partial charge is 0.497 e. The summed E-state index contributed by atoms with van der Waals surface area (Å²) < 4.78 is 10.9. The van der Waals surface area contributed by atoms with Crippen LogP contribution in [0.25, 0.3) is 6.08 Å². The number of methoxy groups -OCH3 is 1. The van der Waals surface area contributed by atoms with Crippen molar-refractivity contribution in [1.29, 1.82) is 5.26 Å².